The summed E-state index contributed by atoms with van der Waals surface area (Å²) in [7, 11) is -3.17. The van der Waals surface area contributed by atoms with Crippen molar-refractivity contribution in [2.24, 2.45) is 4.99 Å². The number of anilines is 2. The molecule has 3 rings (SSSR count). The highest BCUT2D eigenvalue weighted by Gasteiger charge is 2.16. The van der Waals surface area contributed by atoms with Crippen molar-refractivity contribution in [2.45, 2.75) is 11.4 Å². The molecule has 0 unspecified atom stereocenters. The molecule has 6 heteroatoms. The zero-order chi connectivity index (χ0) is 15.0. The molecule has 0 radical (unpaired) electrons. The van der Waals surface area contributed by atoms with E-state index < -0.39 is 9.84 Å². The lowest BCUT2D eigenvalue weighted by molar-refractivity contribution is 0.602. The number of nitrogens with zero attached hydrogens (tertiary/aromatic N) is 2. The Labute approximate surface area is 132 Å². The summed E-state index contributed by atoms with van der Waals surface area (Å²) in [4.78, 5) is 6.62. The molecular weight excluding hydrogens is 352 g/mol. The van der Waals surface area contributed by atoms with Crippen molar-refractivity contribution in [1.29, 1.82) is 0 Å². The highest BCUT2D eigenvalue weighted by molar-refractivity contribution is 9.10. The third-order valence-electron chi connectivity index (χ3n) is 3.30. The Balaban J connectivity index is 2.02. The second kappa shape index (κ2) is 5.27. The Kier molecular flexibility index (Phi) is 3.59. The molecule has 108 valence electrons. The minimum Gasteiger partial charge on any atom is -0.301 e. The van der Waals surface area contributed by atoms with Gasteiger partial charge in [-0.15, -0.1) is 0 Å². The molecule has 0 saturated carbocycles. The maximum absolute atomic E-state index is 11.5. The fourth-order valence-electron chi connectivity index (χ4n) is 2.26. The van der Waals surface area contributed by atoms with E-state index in [1.54, 1.807) is 30.6 Å². The zero-order valence-corrected chi connectivity index (χ0v) is 13.7. The molecule has 0 amide bonds. The topological polar surface area (TPSA) is 49.7 Å². The molecule has 0 bridgehead atoms. The van der Waals surface area contributed by atoms with Crippen LogP contribution in [0.1, 0.15) is 5.56 Å². The van der Waals surface area contributed by atoms with Gasteiger partial charge in [0.1, 0.15) is 0 Å². The first kappa shape index (κ1) is 14.3. The number of aliphatic imine (C=N–C) groups is 1. The van der Waals surface area contributed by atoms with Crippen LogP contribution in [0, 0.1) is 0 Å². The van der Waals surface area contributed by atoms with E-state index in [-0.39, 0.29) is 0 Å². The number of halogens is 1. The molecule has 0 aliphatic carbocycles. The van der Waals surface area contributed by atoms with Gasteiger partial charge in [0.2, 0.25) is 0 Å². The van der Waals surface area contributed by atoms with Gasteiger partial charge >= 0.3 is 0 Å². The van der Waals surface area contributed by atoms with Gasteiger partial charge in [0.05, 0.1) is 23.5 Å². The SMILES string of the molecule is CS(=O)(=O)c1ccc(N2C=NCc3cc(Br)ccc32)cc1. The van der Waals surface area contributed by atoms with E-state index in [2.05, 4.69) is 20.9 Å². The summed E-state index contributed by atoms with van der Waals surface area (Å²) in [5.74, 6) is 0. The molecule has 1 aliphatic heterocycles. The largest absolute Gasteiger partial charge is 0.301 e. The first-order chi connectivity index (χ1) is 9.95. The summed E-state index contributed by atoms with van der Waals surface area (Å²) in [6, 6.07) is 12.9. The van der Waals surface area contributed by atoms with Crippen molar-refractivity contribution in [3.05, 3.63) is 52.5 Å². The lowest BCUT2D eigenvalue weighted by atomic mass is 10.1. The fraction of sp³-hybridized carbons (Fsp3) is 0.133. The Morgan fingerprint density at radius 3 is 2.52 bits per heavy atom. The monoisotopic (exact) mass is 364 g/mol. The maximum atomic E-state index is 11.5. The van der Waals surface area contributed by atoms with Crippen molar-refractivity contribution in [2.75, 3.05) is 11.2 Å². The Hall–Kier alpha value is -1.66. The maximum Gasteiger partial charge on any atom is 0.175 e. The van der Waals surface area contributed by atoms with Crippen molar-refractivity contribution in [3.63, 3.8) is 0 Å². The minimum absolute atomic E-state index is 0.316. The number of hydrogen-bond acceptors (Lipinski definition) is 4. The van der Waals surface area contributed by atoms with Crippen LogP contribution in [0.4, 0.5) is 11.4 Å². The van der Waals surface area contributed by atoms with E-state index in [0.29, 0.717) is 11.4 Å². The quantitative estimate of drug-likeness (QED) is 0.818. The van der Waals surface area contributed by atoms with E-state index in [4.69, 9.17) is 0 Å². The molecule has 0 spiro atoms. The second-order valence-corrected chi connectivity index (χ2v) is 7.80. The first-order valence-electron chi connectivity index (χ1n) is 6.33. The third kappa shape index (κ3) is 2.87. The van der Waals surface area contributed by atoms with Gasteiger partial charge < -0.3 is 4.90 Å². The number of rotatable bonds is 2. The Bertz CT molecular complexity index is 814. The molecule has 1 aliphatic rings. The van der Waals surface area contributed by atoms with Crippen molar-refractivity contribution in [3.8, 4) is 0 Å². The van der Waals surface area contributed by atoms with Crippen LogP contribution >= 0.6 is 15.9 Å². The average molecular weight is 365 g/mol. The van der Waals surface area contributed by atoms with E-state index >= 15 is 0 Å². The van der Waals surface area contributed by atoms with Crippen molar-refractivity contribution >= 4 is 43.5 Å². The number of fused-ring (bicyclic) bond motifs is 1. The van der Waals surface area contributed by atoms with Crippen molar-refractivity contribution < 1.29 is 8.42 Å². The van der Waals surface area contributed by atoms with Gasteiger partial charge in [-0.25, -0.2) is 8.42 Å². The van der Waals surface area contributed by atoms with Crippen LogP contribution in [0.3, 0.4) is 0 Å². The molecule has 2 aromatic rings. The summed E-state index contributed by atoms with van der Waals surface area (Å²) in [6.07, 6.45) is 2.98. The van der Waals surface area contributed by atoms with Crippen LogP contribution < -0.4 is 4.90 Å². The molecule has 2 aromatic carbocycles. The van der Waals surface area contributed by atoms with E-state index in [1.807, 2.05) is 23.1 Å². The van der Waals surface area contributed by atoms with Crippen LogP contribution in [-0.2, 0) is 16.4 Å². The lowest BCUT2D eigenvalue weighted by Crippen LogP contribution is -2.19. The van der Waals surface area contributed by atoms with Gasteiger partial charge in [0.15, 0.2) is 9.84 Å². The highest BCUT2D eigenvalue weighted by atomic mass is 79.9. The normalized spacial score (nSPS) is 14.1. The van der Waals surface area contributed by atoms with Crippen LogP contribution in [0.15, 0.2) is 56.8 Å². The number of sulfone groups is 1. The third-order valence-corrected chi connectivity index (χ3v) is 4.92. The number of hydrogen-bond donors (Lipinski definition) is 0. The van der Waals surface area contributed by atoms with Gasteiger partial charge in [-0.05, 0) is 48.0 Å². The van der Waals surface area contributed by atoms with E-state index in [1.165, 1.54) is 6.26 Å². The molecule has 0 saturated heterocycles. The molecule has 21 heavy (non-hydrogen) atoms. The average Bonchev–Trinajstić information content (AvgIpc) is 2.45. The van der Waals surface area contributed by atoms with Gasteiger partial charge in [-0.2, -0.15) is 0 Å². The molecule has 1 heterocycles. The van der Waals surface area contributed by atoms with Crippen LogP contribution in [0.25, 0.3) is 0 Å². The molecule has 0 atom stereocenters. The van der Waals surface area contributed by atoms with Crippen LogP contribution in [-0.4, -0.2) is 21.0 Å². The van der Waals surface area contributed by atoms with Gasteiger partial charge in [0, 0.05) is 16.4 Å². The van der Waals surface area contributed by atoms with Crippen LogP contribution in [0.5, 0.6) is 0 Å². The predicted molar refractivity (Wildman–Crippen MR) is 88.0 cm³/mol. The standard InChI is InChI=1S/C15H13BrN2O2S/c1-21(19,20)14-5-3-13(4-6-14)18-10-17-9-11-8-12(16)2-7-15(11)18/h2-8,10H,9H2,1H3. The summed E-state index contributed by atoms with van der Waals surface area (Å²) >= 11 is 3.46. The molecule has 0 N–H and O–H groups in total. The van der Waals surface area contributed by atoms with Gasteiger partial charge in [-0.3, -0.25) is 4.99 Å². The fourth-order valence-corrected chi connectivity index (χ4v) is 3.30. The summed E-state index contributed by atoms with van der Waals surface area (Å²) < 4.78 is 24.0. The molecule has 0 fully saturated rings. The summed E-state index contributed by atoms with van der Waals surface area (Å²) in [5.41, 5.74) is 3.06. The van der Waals surface area contributed by atoms with Crippen molar-refractivity contribution in [1.82, 2.24) is 0 Å². The van der Waals surface area contributed by atoms with Crippen LogP contribution in [0.2, 0.25) is 0 Å². The Morgan fingerprint density at radius 1 is 1.14 bits per heavy atom. The lowest BCUT2D eigenvalue weighted by Gasteiger charge is -2.26. The molecular formula is C15H13BrN2O2S. The highest BCUT2D eigenvalue weighted by Crippen LogP contribution is 2.32. The van der Waals surface area contributed by atoms with Gasteiger partial charge in [-0.1, -0.05) is 15.9 Å². The smallest absolute Gasteiger partial charge is 0.175 e. The second-order valence-electron chi connectivity index (χ2n) is 4.87. The summed E-state index contributed by atoms with van der Waals surface area (Å²) in [6.45, 7) is 0.646. The van der Waals surface area contributed by atoms with E-state index in [9.17, 15) is 8.42 Å². The molecule has 0 aromatic heterocycles. The van der Waals surface area contributed by atoms with Gasteiger partial charge in [0.25, 0.3) is 0 Å². The van der Waals surface area contributed by atoms with E-state index in [0.717, 1.165) is 21.4 Å². The predicted octanol–water partition coefficient (Wildman–Crippen LogP) is 3.53. The molecule has 4 nitrogen and oxygen atoms in total. The zero-order valence-electron chi connectivity index (χ0n) is 11.3. The Morgan fingerprint density at radius 2 is 1.86 bits per heavy atom. The summed E-state index contributed by atoms with van der Waals surface area (Å²) in [5, 5.41) is 0. The number of benzene rings is 2. The first-order valence-corrected chi connectivity index (χ1v) is 9.01. The minimum atomic E-state index is -3.17.